The van der Waals surface area contributed by atoms with E-state index in [9.17, 15) is 0 Å². The summed E-state index contributed by atoms with van der Waals surface area (Å²) >= 11 is 0. The van der Waals surface area contributed by atoms with E-state index in [4.69, 9.17) is 14.7 Å². The zero-order valence-corrected chi connectivity index (χ0v) is 13.4. The minimum absolute atomic E-state index is 0.114. The van der Waals surface area contributed by atoms with Gasteiger partial charge in [-0.2, -0.15) is 0 Å². The average molecular weight is 294 g/mol. The highest BCUT2D eigenvalue weighted by atomic mass is 16.5. The van der Waals surface area contributed by atoms with Gasteiger partial charge in [0.25, 0.3) is 0 Å². The number of pyridine rings is 1. The first-order valence-electron chi connectivity index (χ1n) is 7.73. The van der Waals surface area contributed by atoms with Crippen molar-refractivity contribution in [2.75, 3.05) is 6.61 Å². The molecule has 22 heavy (non-hydrogen) atoms. The van der Waals surface area contributed by atoms with Gasteiger partial charge < -0.3 is 4.74 Å². The molecule has 0 saturated heterocycles. The molecule has 1 aromatic heterocycles. The zero-order valence-electron chi connectivity index (χ0n) is 13.4. The lowest BCUT2D eigenvalue weighted by Crippen LogP contribution is -2.25. The van der Waals surface area contributed by atoms with Gasteiger partial charge in [-0.1, -0.05) is 57.2 Å². The molecule has 2 aromatic rings. The van der Waals surface area contributed by atoms with Crippen molar-refractivity contribution in [1.29, 1.82) is 0 Å². The minimum atomic E-state index is 0.114. The van der Waals surface area contributed by atoms with Crippen LogP contribution in [0.3, 0.4) is 0 Å². The highest BCUT2D eigenvalue weighted by Crippen LogP contribution is 2.27. The number of benzene rings is 1. The van der Waals surface area contributed by atoms with Crippen molar-refractivity contribution in [3.8, 4) is 0 Å². The van der Waals surface area contributed by atoms with E-state index >= 15 is 0 Å². The van der Waals surface area contributed by atoms with E-state index in [-0.39, 0.29) is 11.5 Å². The molecule has 3 rings (SSSR count). The Kier molecular flexibility index (Phi) is 3.97. The summed E-state index contributed by atoms with van der Waals surface area (Å²) in [5.41, 5.74) is 3.24. The van der Waals surface area contributed by atoms with Crippen molar-refractivity contribution in [2.45, 2.75) is 33.2 Å². The van der Waals surface area contributed by atoms with Crippen LogP contribution in [-0.4, -0.2) is 23.5 Å². The number of hydrogen-bond donors (Lipinski definition) is 0. The first kappa shape index (κ1) is 14.8. The fourth-order valence-electron chi connectivity index (χ4n) is 2.46. The predicted molar refractivity (Wildman–Crippen MR) is 89.2 cm³/mol. The van der Waals surface area contributed by atoms with Gasteiger partial charge in [0.2, 0.25) is 5.90 Å². The van der Waals surface area contributed by atoms with Gasteiger partial charge in [0.1, 0.15) is 12.3 Å². The lowest BCUT2D eigenvalue weighted by molar-refractivity contribution is 0.235. The molecule has 0 spiro atoms. The second kappa shape index (κ2) is 5.91. The van der Waals surface area contributed by atoms with Gasteiger partial charge in [-0.25, -0.2) is 9.98 Å². The molecule has 1 atom stereocenters. The maximum Gasteiger partial charge on any atom is 0.235 e. The molecule has 1 unspecified atom stereocenters. The number of nitrogens with zero attached hydrogens (tertiary/aromatic N) is 2. The molecule has 0 saturated carbocycles. The van der Waals surface area contributed by atoms with E-state index in [1.54, 1.807) is 0 Å². The number of hydrogen-bond acceptors (Lipinski definition) is 3. The molecule has 0 fully saturated rings. The van der Waals surface area contributed by atoms with E-state index < -0.39 is 0 Å². The van der Waals surface area contributed by atoms with Crippen molar-refractivity contribution >= 4 is 5.90 Å². The maximum atomic E-state index is 5.77. The first-order valence-corrected chi connectivity index (χ1v) is 7.73. The molecule has 0 bridgehead atoms. The Hall–Kier alpha value is -2.16. The van der Waals surface area contributed by atoms with Crippen LogP contribution in [0.15, 0.2) is 53.5 Å². The third kappa shape index (κ3) is 3.35. The van der Waals surface area contributed by atoms with Crippen molar-refractivity contribution in [2.24, 2.45) is 10.4 Å². The summed E-state index contributed by atoms with van der Waals surface area (Å²) < 4.78 is 5.77. The molecule has 114 valence electrons. The van der Waals surface area contributed by atoms with Crippen molar-refractivity contribution in [1.82, 2.24) is 4.98 Å². The molecular formula is C19H22N2O. The van der Waals surface area contributed by atoms with Gasteiger partial charge in [-0.05, 0) is 23.1 Å². The average Bonchev–Trinajstić information content (AvgIpc) is 2.99. The molecule has 0 amide bonds. The van der Waals surface area contributed by atoms with Gasteiger partial charge in [0.05, 0.1) is 6.04 Å². The van der Waals surface area contributed by atoms with E-state index in [1.165, 1.54) is 5.56 Å². The van der Waals surface area contributed by atoms with Crippen LogP contribution in [0, 0.1) is 5.41 Å². The Morgan fingerprint density at radius 3 is 2.50 bits per heavy atom. The monoisotopic (exact) mass is 294 g/mol. The Morgan fingerprint density at radius 1 is 1.05 bits per heavy atom. The molecule has 0 radical (unpaired) electrons. The molecule has 2 heterocycles. The number of aromatic nitrogens is 1. The quantitative estimate of drug-likeness (QED) is 0.861. The van der Waals surface area contributed by atoms with Crippen LogP contribution in [-0.2, 0) is 11.2 Å². The number of rotatable bonds is 3. The molecular weight excluding hydrogens is 272 g/mol. The van der Waals surface area contributed by atoms with Gasteiger partial charge in [-0.3, -0.25) is 0 Å². The minimum Gasteiger partial charge on any atom is -0.474 e. The zero-order chi connectivity index (χ0) is 15.6. The van der Waals surface area contributed by atoms with Crippen LogP contribution in [0.1, 0.15) is 37.7 Å². The largest absolute Gasteiger partial charge is 0.474 e. The van der Waals surface area contributed by atoms with Crippen molar-refractivity contribution in [3.05, 3.63) is 65.5 Å². The van der Waals surface area contributed by atoms with Gasteiger partial charge in [0.15, 0.2) is 0 Å². The second-order valence-electron chi connectivity index (χ2n) is 6.80. The lowest BCUT2D eigenvalue weighted by atomic mass is 9.88. The van der Waals surface area contributed by atoms with Crippen molar-refractivity contribution in [3.63, 3.8) is 0 Å². The topological polar surface area (TPSA) is 34.5 Å². The predicted octanol–water partition coefficient (Wildman–Crippen LogP) is 3.86. The highest BCUT2D eigenvalue weighted by molar-refractivity contribution is 5.93. The molecule has 1 aliphatic heterocycles. The normalized spacial score (nSPS) is 18.0. The van der Waals surface area contributed by atoms with Gasteiger partial charge in [0, 0.05) is 12.1 Å². The molecule has 0 aliphatic carbocycles. The molecule has 1 aromatic carbocycles. The summed E-state index contributed by atoms with van der Waals surface area (Å²) in [7, 11) is 0. The molecule has 3 nitrogen and oxygen atoms in total. The standard InChI is InChI=1S/C19H22N2O/c1-19(2,3)17-13-22-18(21-17)16-11-7-10-15(20-16)12-14-8-5-4-6-9-14/h4-11,17H,12-13H2,1-3H3. The summed E-state index contributed by atoms with van der Waals surface area (Å²) in [4.78, 5) is 9.42. The Balaban J connectivity index is 1.80. The van der Waals surface area contributed by atoms with Crippen LogP contribution in [0.2, 0.25) is 0 Å². The van der Waals surface area contributed by atoms with Crippen LogP contribution in [0.25, 0.3) is 0 Å². The SMILES string of the molecule is CC(C)(C)C1COC(c2cccc(Cc3ccccc3)n2)=N1. The molecule has 1 aliphatic rings. The second-order valence-corrected chi connectivity index (χ2v) is 6.80. The van der Waals surface area contributed by atoms with Gasteiger partial charge in [-0.15, -0.1) is 0 Å². The summed E-state index contributed by atoms with van der Waals surface area (Å²) in [5, 5.41) is 0. The van der Waals surface area contributed by atoms with Gasteiger partial charge >= 0.3 is 0 Å². The first-order chi connectivity index (χ1) is 10.5. The van der Waals surface area contributed by atoms with Crippen LogP contribution in [0.5, 0.6) is 0 Å². The smallest absolute Gasteiger partial charge is 0.235 e. The van der Waals surface area contributed by atoms with Crippen LogP contribution >= 0.6 is 0 Å². The summed E-state index contributed by atoms with van der Waals surface area (Å²) in [6, 6.07) is 16.6. The van der Waals surface area contributed by atoms with E-state index in [0.717, 1.165) is 17.8 Å². The molecule has 0 N–H and O–H groups in total. The van der Waals surface area contributed by atoms with Crippen LogP contribution < -0.4 is 0 Å². The third-order valence-corrected chi connectivity index (χ3v) is 3.90. The van der Waals surface area contributed by atoms with E-state index in [0.29, 0.717) is 12.5 Å². The maximum absolute atomic E-state index is 5.77. The highest BCUT2D eigenvalue weighted by Gasteiger charge is 2.31. The van der Waals surface area contributed by atoms with E-state index in [2.05, 4.69) is 45.0 Å². The fourth-order valence-corrected chi connectivity index (χ4v) is 2.46. The lowest BCUT2D eigenvalue weighted by Gasteiger charge is -2.21. The Labute approximate surface area is 132 Å². The van der Waals surface area contributed by atoms with Crippen molar-refractivity contribution < 1.29 is 4.74 Å². The Bertz CT molecular complexity index is 671. The summed E-state index contributed by atoms with van der Waals surface area (Å²) in [5.74, 6) is 0.676. The Morgan fingerprint density at radius 2 is 1.82 bits per heavy atom. The fraction of sp³-hybridized carbons (Fsp3) is 0.368. The number of aliphatic imine (C=N–C) groups is 1. The molecule has 3 heteroatoms. The summed E-state index contributed by atoms with van der Waals surface area (Å²) in [6.45, 7) is 7.20. The third-order valence-electron chi connectivity index (χ3n) is 3.90. The van der Waals surface area contributed by atoms with E-state index in [1.807, 2.05) is 24.3 Å². The number of ether oxygens (including phenoxy) is 1. The summed E-state index contributed by atoms with van der Waals surface area (Å²) in [6.07, 6.45) is 0.824. The van der Waals surface area contributed by atoms with Crippen LogP contribution in [0.4, 0.5) is 0 Å².